The van der Waals surface area contributed by atoms with Gasteiger partial charge in [0, 0.05) is 0 Å². The van der Waals surface area contributed by atoms with Crippen LogP contribution in [0.4, 0.5) is 0 Å². The molecule has 7 heteroatoms. The quantitative estimate of drug-likeness (QED) is 0.384. The molecular formula is C29H39NO6. The Labute approximate surface area is 214 Å². The maximum Gasteiger partial charge on any atom is 0.325 e. The molecule has 4 rings (SSSR count). The van der Waals surface area contributed by atoms with Gasteiger partial charge >= 0.3 is 5.97 Å². The van der Waals surface area contributed by atoms with Crippen molar-refractivity contribution < 1.29 is 28.5 Å². The van der Waals surface area contributed by atoms with E-state index in [4.69, 9.17) is 23.7 Å². The molecule has 0 bridgehead atoms. The molecule has 0 saturated carbocycles. The molecule has 0 aliphatic carbocycles. The lowest BCUT2D eigenvalue weighted by Gasteiger charge is -2.25. The second-order valence-electron chi connectivity index (χ2n) is 10.3. The molecule has 4 atom stereocenters. The summed E-state index contributed by atoms with van der Waals surface area (Å²) in [4.78, 5) is 15.4. The predicted molar refractivity (Wildman–Crippen MR) is 138 cm³/mol. The van der Waals surface area contributed by atoms with E-state index in [1.54, 1.807) is 14.2 Å². The first kappa shape index (κ1) is 26.5. The van der Waals surface area contributed by atoms with Gasteiger partial charge < -0.3 is 23.7 Å². The van der Waals surface area contributed by atoms with E-state index < -0.39 is 11.8 Å². The van der Waals surface area contributed by atoms with Gasteiger partial charge in [-0.15, -0.1) is 0 Å². The van der Waals surface area contributed by atoms with Gasteiger partial charge in [0.25, 0.3) is 0 Å². The molecule has 2 aromatic rings. The molecule has 2 heterocycles. The van der Waals surface area contributed by atoms with Crippen LogP contribution in [0.5, 0.6) is 11.5 Å². The minimum atomic E-state index is -0.686. The molecule has 2 saturated heterocycles. The number of methoxy groups -OCH3 is 2. The number of carbonyl (C=O) groups is 1. The maximum absolute atomic E-state index is 13.2. The van der Waals surface area contributed by atoms with Crippen LogP contribution in [0.25, 0.3) is 0 Å². The summed E-state index contributed by atoms with van der Waals surface area (Å²) in [6, 6.07) is 7.82. The van der Waals surface area contributed by atoms with E-state index in [0.29, 0.717) is 13.2 Å². The molecular weight excluding hydrogens is 458 g/mol. The fourth-order valence-corrected chi connectivity index (χ4v) is 5.83. The fraction of sp³-hybridized carbons (Fsp3) is 0.552. The largest absolute Gasteiger partial charge is 0.496 e. The Morgan fingerprint density at radius 1 is 0.972 bits per heavy atom. The third kappa shape index (κ3) is 4.84. The van der Waals surface area contributed by atoms with Crippen molar-refractivity contribution in [3.05, 3.63) is 57.6 Å². The van der Waals surface area contributed by atoms with Gasteiger partial charge in [0.15, 0.2) is 5.79 Å². The molecule has 1 unspecified atom stereocenters. The second-order valence-corrected chi connectivity index (χ2v) is 10.3. The van der Waals surface area contributed by atoms with E-state index in [1.807, 2.05) is 20.8 Å². The molecule has 2 fully saturated rings. The number of aryl methyl sites for hydroxylation is 4. The Balaban J connectivity index is 1.85. The van der Waals surface area contributed by atoms with Crippen molar-refractivity contribution in [3.8, 4) is 11.5 Å². The van der Waals surface area contributed by atoms with Crippen LogP contribution in [0.15, 0.2) is 24.3 Å². The molecule has 7 nitrogen and oxygen atoms in total. The average molecular weight is 498 g/mol. The Hall–Kier alpha value is -2.61. The molecule has 0 amide bonds. The standard InChI is InChI=1S/C29H39NO6/c1-10-34-28(31)25-24(22-15-35-29(6,7)36-22)30(25)23(20-11-16(2)26(32-8)17(3)12-20)21-13-18(4)27(33-9)19(5)14-21/h11-14,22-25H,10,15H2,1-9H3/t22-,24+,25+,30?/m1/s1. The summed E-state index contributed by atoms with van der Waals surface area (Å²) >= 11 is 0. The van der Waals surface area contributed by atoms with Gasteiger partial charge in [-0.25, -0.2) is 0 Å². The summed E-state index contributed by atoms with van der Waals surface area (Å²) in [5.41, 5.74) is 6.37. The predicted octanol–water partition coefficient (Wildman–Crippen LogP) is 4.79. The lowest BCUT2D eigenvalue weighted by atomic mass is 9.92. The highest BCUT2D eigenvalue weighted by Gasteiger charge is 2.63. The van der Waals surface area contributed by atoms with E-state index in [2.05, 4.69) is 56.9 Å². The van der Waals surface area contributed by atoms with Crippen molar-refractivity contribution in [2.75, 3.05) is 27.4 Å². The van der Waals surface area contributed by atoms with Gasteiger partial charge in [0.05, 0.1) is 39.5 Å². The highest BCUT2D eigenvalue weighted by Crippen LogP contribution is 2.49. The zero-order chi connectivity index (χ0) is 26.4. The molecule has 0 spiro atoms. The first-order valence-corrected chi connectivity index (χ1v) is 12.6. The van der Waals surface area contributed by atoms with Gasteiger partial charge in [-0.2, -0.15) is 0 Å². The Bertz CT molecular complexity index is 1040. The SMILES string of the molecule is CCOC(=O)[C@@H]1[C@H]([C@H]2COC(C)(C)O2)N1C(c1cc(C)c(OC)c(C)c1)c1cc(C)c(OC)c(C)c1. The maximum atomic E-state index is 13.2. The third-order valence-electron chi connectivity index (χ3n) is 7.14. The van der Waals surface area contributed by atoms with Gasteiger partial charge in [0.2, 0.25) is 0 Å². The van der Waals surface area contributed by atoms with Crippen molar-refractivity contribution >= 4 is 5.97 Å². The summed E-state index contributed by atoms with van der Waals surface area (Å²) in [6.07, 6.45) is -0.238. The number of carbonyl (C=O) groups excluding carboxylic acids is 1. The Kier molecular flexibility index (Phi) is 7.37. The minimum absolute atomic E-state index is 0.166. The number of hydrogen-bond acceptors (Lipinski definition) is 7. The zero-order valence-electron chi connectivity index (χ0n) is 22.9. The number of esters is 1. The monoisotopic (exact) mass is 497 g/mol. The molecule has 0 aromatic heterocycles. The van der Waals surface area contributed by atoms with E-state index in [9.17, 15) is 4.79 Å². The summed E-state index contributed by atoms with van der Waals surface area (Å²) < 4.78 is 28.9. The summed E-state index contributed by atoms with van der Waals surface area (Å²) in [5.74, 6) is 0.829. The third-order valence-corrected chi connectivity index (χ3v) is 7.14. The number of nitrogens with zero attached hydrogens (tertiary/aromatic N) is 1. The molecule has 36 heavy (non-hydrogen) atoms. The van der Waals surface area contributed by atoms with E-state index in [0.717, 1.165) is 44.9 Å². The van der Waals surface area contributed by atoms with Crippen LogP contribution in [-0.4, -0.2) is 62.3 Å². The van der Waals surface area contributed by atoms with E-state index >= 15 is 0 Å². The van der Waals surface area contributed by atoms with Crippen LogP contribution in [0.3, 0.4) is 0 Å². The summed E-state index contributed by atoms with van der Waals surface area (Å²) in [5, 5.41) is 0. The van der Waals surface area contributed by atoms with Crippen LogP contribution in [-0.2, 0) is 19.0 Å². The highest BCUT2D eigenvalue weighted by atomic mass is 16.7. The Morgan fingerprint density at radius 3 is 1.81 bits per heavy atom. The number of benzene rings is 2. The molecule has 0 N–H and O–H groups in total. The molecule has 196 valence electrons. The summed E-state index contributed by atoms with van der Waals surface area (Å²) in [6.45, 7) is 14.6. The van der Waals surface area contributed by atoms with E-state index in [1.165, 1.54) is 0 Å². The summed E-state index contributed by atoms with van der Waals surface area (Å²) in [7, 11) is 3.39. The topological polar surface area (TPSA) is 66.2 Å². The van der Waals surface area contributed by atoms with Crippen molar-refractivity contribution in [2.45, 2.75) is 78.5 Å². The van der Waals surface area contributed by atoms with Crippen molar-refractivity contribution in [3.63, 3.8) is 0 Å². The molecule has 2 aromatic carbocycles. The first-order valence-electron chi connectivity index (χ1n) is 12.6. The van der Waals surface area contributed by atoms with Crippen LogP contribution in [0, 0.1) is 27.7 Å². The minimum Gasteiger partial charge on any atom is -0.496 e. The average Bonchev–Trinajstić information content (AvgIpc) is 3.40. The highest BCUT2D eigenvalue weighted by molar-refractivity contribution is 5.81. The van der Waals surface area contributed by atoms with Crippen LogP contribution >= 0.6 is 0 Å². The smallest absolute Gasteiger partial charge is 0.325 e. The van der Waals surface area contributed by atoms with E-state index in [-0.39, 0.29) is 24.2 Å². The van der Waals surface area contributed by atoms with Gasteiger partial charge in [-0.05, 0) is 81.8 Å². The number of ether oxygens (including phenoxy) is 5. The Morgan fingerprint density at radius 2 is 1.44 bits per heavy atom. The van der Waals surface area contributed by atoms with Crippen molar-refractivity contribution in [1.82, 2.24) is 4.90 Å². The first-order chi connectivity index (χ1) is 17.0. The molecule has 0 radical (unpaired) electrons. The van der Waals surface area contributed by atoms with Crippen molar-refractivity contribution in [1.29, 1.82) is 0 Å². The lowest BCUT2D eigenvalue weighted by Crippen LogP contribution is -2.28. The van der Waals surface area contributed by atoms with Gasteiger partial charge in [-0.1, -0.05) is 24.3 Å². The van der Waals surface area contributed by atoms with Crippen LogP contribution < -0.4 is 9.47 Å². The number of hydrogen-bond donors (Lipinski definition) is 0. The van der Waals surface area contributed by atoms with Crippen LogP contribution in [0.2, 0.25) is 0 Å². The normalized spacial score (nSPS) is 24.6. The molecule has 2 aliphatic heterocycles. The van der Waals surface area contributed by atoms with Crippen molar-refractivity contribution in [2.24, 2.45) is 0 Å². The molecule has 2 aliphatic rings. The van der Waals surface area contributed by atoms with Gasteiger partial charge in [0.1, 0.15) is 23.6 Å². The van der Waals surface area contributed by atoms with Gasteiger partial charge in [-0.3, -0.25) is 9.69 Å². The lowest BCUT2D eigenvalue weighted by molar-refractivity contribution is -0.145. The second kappa shape index (κ2) is 10.0. The zero-order valence-corrected chi connectivity index (χ0v) is 22.9. The fourth-order valence-electron chi connectivity index (χ4n) is 5.83. The number of rotatable bonds is 8. The van der Waals surface area contributed by atoms with Crippen LogP contribution in [0.1, 0.15) is 60.2 Å².